The monoisotopic (exact) mass is 456 g/mol. The van der Waals surface area contributed by atoms with Crippen LogP contribution >= 0.6 is 11.8 Å². The van der Waals surface area contributed by atoms with Gasteiger partial charge >= 0.3 is 0 Å². The van der Waals surface area contributed by atoms with Crippen molar-refractivity contribution in [2.75, 3.05) is 38.9 Å². The van der Waals surface area contributed by atoms with E-state index in [1.165, 1.54) is 4.91 Å². The summed E-state index contributed by atoms with van der Waals surface area (Å²) in [6.07, 6.45) is 6.53. The van der Waals surface area contributed by atoms with Crippen LogP contribution in [0.15, 0.2) is 41.3 Å². The van der Waals surface area contributed by atoms with Crippen LogP contribution in [0.25, 0.3) is 15.8 Å². The Bertz CT molecular complexity index is 999. The summed E-state index contributed by atoms with van der Waals surface area (Å²) in [7, 11) is 1.65. The summed E-state index contributed by atoms with van der Waals surface area (Å²) < 4.78 is 16.3. The molecule has 7 heteroatoms. The Hall–Kier alpha value is -2.35. The summed E-state index contributed by atoms with van der Waals surface area (Å²) in [5, 5.41) is 3.83. The predicted molar refractivity (Wildman–Crippen MR) is 132 cm³/mol. The van der Waals surface area contributed by atoms with E-state index >= 15 is 0 Å². The molecule has 2 heterocycles. The number of allylic oxidation sites excluding steroid dienone is 3. The number of pyridine rings is 1. The molecule has 0 spiro atoms. The van der Waals surface area contributed by atoms with Gasteiger partial charge in [-0.2, -0.15) is 0 Å². The molecule has 2 aromatic rings. The van der Waals surface area contributed by atoms with Crippen molar-refractivity contribution in [1.29, 1.82) is 0 Å². The Labute approximate surface area is 194 Å². The van der Waals surface area contributed by atoms with Gasteiger partial charge in [-0.3, -0.25) is 4.79 Å². The summed E-state index contributed by atoms with van der Waals surface area (Å²) in [6.45, 7) is 8.20. The van der Waals surface area contributed by atoms with Crippen molar-refractivity contribution >= 4 is 39.2 Å². The van der Waals surface area contributed by atoms with Gasteiger partial charge in [-0.25, -0.2) is 4.98 Å². The summed E-state index contributed by atoms with van der Waals surface area (Å²) in [5.74, 6) is 0.617. The standard InChI is InChI=1S/C25H32N2O4S/c1-5-7-8-17(3)32-24(6-2)22-14-23(31-12-11-29-4)20-13-19(9-10-21(20)27-22)26-25(28)18-15-30-16-18/h6,8-10,13-14,18H,5,7,11-12,15-16H2,1-4H3,(H,26,28)/b17-8+,24-6-. The van der Waals surface area contributed by atoms with E-state index in [1.54, 1.807) is 18.9 Å². The van der Waals surface area contributed by atoms with Crippen LogP contribution in [0.4, 0.5) is 5.69 Å². The van der Waals surface area contributed by atoms with E-state index in [4.69, 9.17) is 19.2 Å². The average Bonchev–Trinajstić information content (AvgIpc) is 2.75. The molecule has 1 amide bonds. The largest absolute Gasteiger partial charge is 0.490 e. The summed E-state index contributed by atoms with van der Waals surface area (Å²) in [4.78, 5) is 19.5. The number of benzene rings is 1. The molecule has 1 aliphatic rings. The number of thioether (sulfide) groups is 1. The zero-order valence-electron chi connectivity index (χ0n) is 19.3. The van der Waals surface area contributed by atoms with Crippen molar-refractivity contribution in [3.8, 4) is 5.75 Å². The number of nitrogens with zero attached hydrogens (tertiary/aromatic N) is 1. The van der Waals surface area contributed by atoms with Gasteiger partial charge in [0.1, 0.15) is 12.4 Å². The fourth-order valence-electron chi connectivity index (χ4n) is 3.21. The lowest BCUT2D eigenvalue weighted by molar-refractivity contribution is -0.133. The van der Waals surface area contributed by atoms with Crippen LogP contribution in [-0.4, -0.2) is 44.4 Å². The van der Waals surface area contributed by atoms with Crippen LogP contribution in [-0.2, 0) is 14.3 Å². The average molecular weight is 457 g/mol. The van der Waals surface area contributed by atoms with Crippen LogP contribution in [0, 0.1) is 5.92 Å². The third kappa shape index (κ3) is 6.34. The Balaban J connectivity index is 1.92. The molecule has 1 fully saturated rings. The smallest absolute Gasteiger partial charge is 0.232 e. The Morgan fingerprint density at radius 1 is 1.31 bits per heavy atom. The second kappa shape index (κ2) is 12.0. The fraction of sp³-hybridized carbons (Fsp3) is 0.440. The first-order valence-corrected chi connectivity index (χ1v) is 11.8. The van der Waals surface area contributed by atoms with E-state index in [2.05, 4.69) is 31.3 Å². The number of carbonyl (C=O) groups excluding carboxylic acids is 1. The Morgan fingerprint density at radius 3 is 2.78 bits per heavy atom. The maximum absolute atomic E-state index is 12.3. The lowest BCUT2D eigenvalue weighted by atomic mass is 10.1. The number of hydrogen-bond acceptors (Lipinski definition) is 6. The number of aromatic nitrogens is 1. The highest BCUT2D eigenvalue weighted by Crippen LogP contribution is 2.37. The number of anilines is 1. The van der Waals surface area contributed by atoms with E-state index < -0.39 is 0 Å². The molecule has 0 aliphatic carbocycles. The Kier molecular flexibility index (Phi) is 9.14. The number of amides is 1. The topological polar surface area (TPSA) is 69.7 Å². The molecular formula is C25H32N2O4S. The van der Waals surface area contributed by atoms with E-state index in [-0.39, 0.29) is 11.8 Å². The number of fused-ring (bicyclic) bond motifs is 1. The van der Waals surface area contributed by atoms with Gasteiger partial charge in [-0.15, -0.1) is 0 Å². The number of carbonyl (C=O) groups is 1. The number of rotatable bonds is 11. The van der Waals surface area contributed by atoms with Crippen LogP contribution in [0.2, 0.25) is 0 Å². The first-order valence-electron chi connectivity index (χ1n) is 11.0. The van der Waals surface area contributed by atoms with Crippen molar-refractivity contribution in [3.63, 3.8) is 0 Å². The minimum atomic E-state index is -0.0816. The number of unbranched alkanes of at least 4 members (excludes halogenated alkanes) is 1. The summed E-state index contributed by atoms with van der Waals surface area (Å²) >= 11 is 1.72. The molecule has 1 saturated heterocycles. The van der Waals surface area contributed by atoms with Gasteiger partial charge in [0, 0.05) is 29.2 Å². The highest BCUT2D eigenvalue weighted by molar-refractivity contribution is 8.11. The molecule has 0 atom stereocenters. The molecule has 0 saturated carbocycles. The Morgan fingerprint density at radius 2 is 2.12 bits per heavy atom. The molecule has 3 rings (SSSR count). The minimum Gasteiger partial charge on any atom is -0.490 e. The minimum absolute atomic E-state index is 0.0241. The van der Waals surface area contributed by atoms with Crippen LogP contribution < -0.4 is 10.1 Å². The molecule has 1 aliphatic heterocycles. The summed E-state index contributed by atoms with van der Waals surface area (Å²) in [5.41, 5.74) is 2.40. The molecular weight excluding hydrogens is 424 g/mol. The third-order valence-electron chi connectivity index (χ3n) is 5.10. The SMILES string of the molecule is C/C=C(\S/C(C)=C/CCC)c1cc(OCCOC)c2cc(NC(=O)C3COC3)ccc2n1. The van der Waals surface area contributed by atoms with E-state index in [0.29, 0.717) is 26.4 Å². The fourth-order valence-corrected chi connectivity index (χ4v) is 4.08. The number of methoxy groups -OCH3 is 1. The van der Waals surface area contributed by atoms with Gasteiger partial charge in [0.25, 0.3) is 0 Å². The molecule has 6 nitrogen and oxygen atoms in total. The predicted octanol–water partition coefficient (Wildman–Crippen LogP) is 5.64. The molecule has 0 bridgehead atoms. The first kappa shape index (κ1) is 24.3. The quantitative estimate of drug-likeness (QED) is 0.441. The number of nitrogens with one attached hydrogen (secondary N) is 1. The number of hydrogen-bond donors (Lipinski definition) is 1. The van der Waals surface area contributed by atoms with Crippen molar-refractivity contribution in [1.82, 2.24) is 4.98 Å². The van der Waals surface area contributed by atoms with Crippen LogP contribution in [0.5, 0.6) is 5.75 Å². The van der Waals surface area contributed by atoms with Gasteiger partial charge in [-0.1, -0.05) is 37.3 Å². The van der Waals surface area contributed by atoms with E-state index in [9.17, 15) is 4.79 Å². The van der Waals surface area contributed by atoms with Gasteiger partial charge in [0.15, 0.2) is 0 Å². The third-order valence-corrected chi connectivity index (χ3v) is 6.25. The maximum Gasteiger partial charge on any atom is 0.232 e. The van der Waals surface area contributed by atoms with Crippen molar-refractivity contribution < 1.29 is 19.0 Å². The molecule has 1 N–H and O–H groups in total. The lowest BCUT2D eigenvalue weighted by Gasteiger charge is -2.24. The van der Waals surface area contributed by atoms with Gasteiger partial charge < -0.3 is 19.5 Å². The van der Waals surface area contributed by atoms with Gasteiger partial charge in [-0.05, 0) is 43.4 Å². The molecule has 32 heavy (non-hydrogen) atoms. The second-order valence-corrected chi connectivity index (χ2v) is 8.95. The van der Waals surface area contributed by atoms with Crippen molar-refractivity contribution in [3.05, 3.63) is 47.0 Å². The lowest BCUT2D eigenvalue weighted by Crippen LogP contribution is -2.38. The highest BCUT2D eigenvalue weighted by atomic mass is 32.2. The van der Waals surface area contributed by atoms with Crippen molar-refractivity contribution in [2.24, 2.45) is 5.92 Å². The maximum atomic E-state index is 12.3. The van der Waals surface area contributed by atoms with E-state index in [1.807, 2.05) is 31.2 Å². The molecule has 1 aromatic carbocycles. The molecule has 0 radical (unpaired) electrons. The number of ether oxygens (including phenoxy) is 3. The normalized spacial score (nSPS) is 15.0. The van der Waals surface area contributed by atoms with Crippen molar-refractivity contribution in [2.45, 2.75) is 33.6 Å². The van der Waals surface area contributed by atoms with Crippen LogP contribution in [0.3, 0.4) is 0 Å². The summed E-state index contributed by atoms with van der Waals surface area (Å²) in [6, 6.07) is 7.69. The van der Waals surface area contributed by atoms with E-state index in [0.717, 1.165) is 45.8 Å². The zero-order chi connectivity index (χ0) is 22.9. The molecule has 0 unspecified atom stereocenters. The van der Waals surface area contributed by atoms with Gasteiger partial charge in [0.05, 0.1) is 36.9 Å². The first-order chi connectivity index (χ1) is 15.5. The van der Waals surface area contributed by atoms with Gasteiger partial charge in [0.2, 0.25) is 5.91 Å². The second-order valence-electron chi connectivity index (χ2n) is 7.66. The molecule has 1 aromatic heterocycles. The molecule has 172 valence electrons. The highest BCUT2D eigenvalue weighted by Gasteiger charge is 2.26. The zero-order valence-corrected chi connectivity index (χ0v) is 20.1. The van der Waals surface area contributed by atoms with Crippen LogP contribution in [0.1, 0.15) is 39.3 Å².